The van der Waals surface area contributed by atoms with Crippen LogP contribution in [0.25, 0.3) is 16.8 Å². The van der Waals surface area contributed by atoms with Crippen molar-refractivity contribution < 1.29 is 4.79 Å². The third-order valence-electron chi connectivity index (χ3n) is 7.32. The summed E-state index contributed by atoms with van der Waals surface area (Å²) in [6, 6.07) is 25.1. The molecule has 202 valence electrons. The molecular formula is C34H40N4O. The van der Waals surface area contributed by atoms with Crippen LogP contribution in [0, 0.1) is 5.92 Å². The number of carbonyl (C=O) groups is 1. The molecule has 39 heavy (non-hydrogen) atoms. The van der Waals surface area contributed by atoms with Gasteiger partial charge in [-0.15, -0.1) is 0 Å². The molecule has 0 atom stereocenters. The number of anilines is 2. The first-order chi connectivity index (χ1) is 18.9. The average molecular weight is 521 g/mol. The van der Waals surface area contributed by atoms with Gasteiger partial charge < -0.3 is 15.1 Å². The molecule has 1 amide bonds. The first-order valence-electron chi connectivity index (χ1n) is 13.8. The summed E-state index contributed by atoms with van der Waals surface area (Å²) < 4.78 is 0. The lowest BCUT2D eigenvalue weighted by Gasteiger charge is -2.30. The van der Waals surface area contributed by atoms with E-state index >= 15 is 0 Å². The van der Waals surface area contributed by atoms with E-state index in [0.717, 1.165) is 48.1 Å². The minimum atomic E-state index is 0.0666. The number of aliphatic imine (C=N–C) groups is 1. The molecule has 0 spiro atoms. The fourth-order valence-electron chi connectivity index (χ4n) is 5.10. The molecule has 1 N–H and O–H groups in total. The molecule has 0 saturated heterocycles. The van der Waals surface area contributed by atoms with E-state index in [1.165, 1.54) is 17.7 Å². The predicted octanol–water partition coefficient (Wildman–Crippen LogP) is 7.66. The summed E-state index contributed by atoms with van der Waals surface area (Å²) >= 11 is 0. The van der Waals surface area contributed by atoms with Crippen molar-refractivity contribution in [3.05, 3.63) is 103 Å². The number of hydrogen-bond acceptors (Lipinski definition) is 4. The van der Waals surface area contributed by atoms with Crippen molar-refractivity contribution in [2.45, 2.75) is 45.6 Å². The molecule has 0 heterocycles. The summed E-state index contributed by atoms with van der Waals surface area (Å²) in [7, 11) is 4.09. The van der Waals surface area contributed by atoms with Gasteiger partial charge in [-0.3, -0.25) is 4.79 Å². The van der Waals surface area contributed by atoms with Gasteiger partial charge in [0.1, 0.15) is 5.82 Å². The van der Waals surface area contributed by atoms with E-state index in [2.05, 4.69) is 76.9 Å². The first kappa shape index (κ1) is 27.9. The Labute approximate surface area is 233 Å². The summed E-state index contributed by atoms with van der Waals surface area (Å²) in [5, 5.41) is 3.14. The third kappa shape index (κ3) is 7.26. The molecule has 3 aromatic carbocycles. The monoisotopic (exact) mass is 520 g/mol. The van der Waals surface area contributed by atoms with Crippen molar-refractivity contribution in [2.24, 2.45) is 10.9 Å². The van der Waals surface area contributed by atoms with Crippen LogP contribution in [0.2, 0.25) is 0 Å². The lowest BCUT2D eigenvalue weighted by molar-refractivity contribution is -0.123. The van der Waals surface area contributed by atoms with E-state index in [-0.39, 0.29) is 11.8 Å². The lowest BCUT2D eigenvalue weighted by atomic mass is 9.88. The third-order valence-corrected chi connectivity index (χ3v) is 7.32. The topological polar surface area (TPSA) is 47.9 Å². The van der Waals surface area contributed by atoms with Gasteiger partial charge >= 0.3 is 0 Å². The summed E-state index contributed by atoms with van der Waals surface area (Å²) in [5.74, 6) is 0.796. The quantitative estimate of drug-likeness (QED) is 0.279. The highest BCUT2D eigenvalue weighted by Gasteiger charge is 2.27. The summed E-state index contributed by atoms with van der Waals surface area (Å²) in [6.07, 6.45) is 7.05. The Morgan fingerprint density at radius 2 is 1.56 bits per heavy atom. The Hall–Kier alpha value is -4.12. The highest BCUT2D eigenvalue weighted by atomic mass is 16.2. The van der Waals surface area contributed by atoms with Crippen molar-refractivity contribution >= 4 is 29.2 Å². The van der Waals surface area contributed by atoms with Crippen LogP contribution in [0.5, 0.6) is 0 Å². The minimum absolute atomic E-state index is 0.0666. The molecule has 0 aliphatic heterocycles. The van der Waals surface area contributed by atoms with Crippen LogP contribution in [0.1, 0.15) is 50.2 Å². The Morgan fingerprint density at radius 1 is 0.923 bits per heavy atom. The lowest BCUT2D eigenvalue weighted by Crippen LogP contribution is -2.36. The first-order valence-corrected chi connectivity index (χ1v) is 13.8. The molecular weight excluding hydrogens is 480 g/mol. The zero-order chi connectivity index (χ0) is 27.8. The fourth-order valence-corrected chi connectivity index (χ4v) is 5.10. The van der Waals surface area contributed by atoms with Gasteiger partial charge in [-0.1, -0.05) is 81.0 Å². The maximum atomic E-state index is 13.9. The molecule has 4 rings (SSSR count). The Balaban J connectivity index is 1.58. The van der Waals surface area contributed by atoms with Crippen LogP contribution >= 0.6 is 0 Å². The number of hydrogen-bond donors (Lipinski definition) is 1. The summed E-state index contributed by atoms with van der Waals surface area (Å²) in [4.78, 5) is 22.1. The molecule has 1 saturated carbocycles. The maximum Gasteiger partial charge on any atom is 0.230 e. The minimum Gasteiger partial charge on any atom is -0.378 e. The van der Waals surface area contributed by atoms with Crippen molar-refractivity contribution in [3.63, 3.8) is 0 Å². The standard InChI is InChI=1S/C34H40N4O/c1-6-35-26(3)36-25(2)31-13-10-14-33(23-31)38(34(39)30-11-8-7-9-12-30)24-27-15-17-28(18-16-27)29-19-21-32(22-20-29)37(4)5/h6,10,13-23,30,36H,2-3,7-9,11-12,24H2,1,4-5H3/b35-6-. The van der Waals surface area contributed by atoms with E-state index in [9.17, 15) is 4.79 Å². The van der Waals surface area contributed by atoms with Gasteiger partial charge in [-0.25, -0.2) is 4.99 Å². The number of benzene rings is 3. The second kappa shape index (κ2) is 13.1. The molecule has 0 bridgehead atoms. The van der Waals surface area contributed by atoms with Crippen LogP contribution in [-0.4, -0.2) is 26.2 Å². The largest absolute Gasteiger partial charge is 0.378 e. The van der Waals surface area contributed by atoms with Crippen LogP contribution in [0.4, 0.5) is 11.4 Å². The van der Waals surface area contributed by atoms with E-state index < -0.39 is 0 Å². The van der Waals surface area contributed by atoms with Gasteiger partial charge in [0.25, 0.3) is 0 Å². The summed E-state index contributed by atoms with van der Waals surface area (Å²) in [6.45, 7) is 10.4. The normalized spacial score (nSPS) is 13.7. The van der Waals surface area contributed by atoms with Gasteiger partial charge in [-0.2, -0.15) is 0 Å². The van der Waals surface area contributed by atoms with Crippen LogP contribution in [-0.2, 0) is 11.3 Å². The maximum absolute atomic E-state index is 13.9. The van der Waals surface area contributed by atoms with Crippen molar-refractivity contribution in [3.8, 4) is 11.1 Å². The second-order valence-corrected chi connectivity index (χ2v) is 10.4. The molecule has 3 aromatic rings. The Morgan fingerprint density at radius 3 is 2.18 bits per heavy atom. The van der Waals surface area contributed by atoms with Gasteiger partial charge in [0, 0.05) is 43.3 Å². The number of rotatable bonds is 10. The van der Waals surface area contributed by atoms with Crippen LogP contribution in [0.15, 0.2) is 96.8 Å². The number of carbonyl (C=O) groups excluding carboxylic acids is 1. The highest BCUT2D eigenvalue weighted by Crippen LogP contribution is 2.30. The molecule has 1 fully saturated rings. The second-order valence-electron chi connectivity index (χ2n) is 10.4. The van der Waals surface area contributed by atoms with Gasteiger partial charge in [-0.05, 0) is 66.3 Å². The SMILES string of the molecule is C=C(/N=C\C)NC(=C)c1cccc(N(Cc2ccc(-c3ccc(N(C)C)cc3)cc2)C(=O)C2CCCCC2)c1. The molecule has 0 unspecified atom stereocenters. The van der Waals surface area contributed by atoms with E-state index in [0.29, 0.717) is 18.1 Å². The van der Waals surface area contributed by atoms with Gasteiger partial charge in [0.15, 0.2) is 0 Å². The van der Waals surface area contributed by atoms with Crippen LogP contribution in [0.3, 0.4) is 0 Å². The molecule has 5 heteroatoms. The average Bonchev–Trinajstić information content (AvgIpc) is 2.96. The van der Waals surface area contributed by atoms with Crippen molar-refractivity contribution in [1.82, 2.24) is 5.32 Å². The zero-order valence-corrected chi connectivity index (χ0v) is 23.5. The van der Waals surface area contributed by atoms with Gasteiger partial charge in [0.2, 0.25) is 5.91 Å². The molecule has 0 aromatic heterocycles. The van der Waals surface area contributed by atoms with Crippen molar-refractivity contribution in [1.29, 1.82) is 0 Å². The Bertz CT molecular complexity index is 1320. The highest BCUT2D eigenvalue weighted by molar-refractivity contribution is 5.95. The zero-order valence-electron chi connectivity index (χ0n) is 23.5. The molecule has 1 aliphatic carbocycles. The number of nitrogens with zero attached hydrogens (tertiary/aromatic N) is 3. The number of nitrogens with one attached hydrogen (secondary N) is 1. The molecule has 0 radical (unpaired) electrons. The van der Waals surface area contributed by atoms with E-state index in [4.69, 9.17) is 0 Å². The van der Waals surface area contributed by atoms with E-state index in [1.54, 1.807) is 6.21 Å². The predicted molar refractivity (Wildman–Crippen MR) is 166 cm³/mol. The van der Waals surface area contributed by atoms with Gasteiger partial charge in [0.05, 0.1) is 6.54 Å². The smallest absolute Gasteiger partial charge is 0.230 e. The van der Waals surface area contributed by atoms with Crippen molar-refractivity contribution in [2.75, 3.05) is 23.9 Å². The van der Waals surface area contributed by atoms with Crippen LogP contribution < -0.4 is 15.1 Å². The number of amides is 1. The summed E-state index contributed by atoms with van der Waals surface area (Å²) in [5.41, 5.74) is 7.08. The van der Waals surface area contributed by atoms with E-state index in [1.807, 2.05) is 50.2 Å². The molecule has 1 aliphatic rings. The molecule has 5 nitrogen and oxygen atoms in total. The Kier molecular flexibility index (Phi) is 9.37. The fraction of sp³-hybridized carbons (Fsp3) is 0.294.